The highest BCUT2D eigenvalue weighted by molar-refractivity contribution is 7.90. The van der Waals surface area contributed by atoms with Crippen LogP contribution in [0.15, 0.2) is 46.9 Å². The van der Waals surface area contributed by atoms with Crippen LogP contribution < -0.4 is 0 Å². The third-order valence-electron chi connectivity index (χ3n) is 4.37. The van der Waals surface area contributed by atoms with Crippen molar-refractivity contribution in [1.29, 1.82) is 0 Å². The summed E-state index contributed by atoms with van der Waals surface area (Å²) >= 11 is 0. The van der Waals surface area contributed by atoms with E-state index in [1.165, 1.54) is 0 Å². The van der Waals surface area contributed by atoms with Crippen molar-refractivity contribution >= 4 is 9.84 Å². The third kappa shape index (κ3) is 4.24. The van der Waals surface area contributed by atoms with Crippen LogP contribution >= 0.6 is 0 Å². The fraction of sp³-hybridized carbons (Fsp3) is 0.444. The number of aryl methyl sites for hydroxylation is 1. The second-order valence-electron chi connectivity index (χ2n) is 6.22. The van der Waals surface area contributed by atoms with E-state index in [4.69, 9.17) is 4.42 Å². The van der Waals surface area contributed by atoms with Gasteiger partial charge in [-0.2, -0.15) is 0 Å². The number of hydrogen-bond acceptors (Lipinski definition) is 4. The molecule has 0 amide bonds. The molecule has 2 aromatic rings. The highest BCUT2D eigenvalue weighted by Crippen LogP contribution is 2.32. The van der Waals surface area contributed by atoms with E-state index in [1.807, 2.05) is 49.4 Å². The lowest BCUT2D eigenvalue weighted by atomic mass is 10.2. The Morgan fingerprint density at radius 1 is 1.17 bits per heavy atom. The van der Waals surface area contributed by atoms with Gasteiger partial charge in [0, 0.05) is 6.54 Å². The molecule has 0 saturated carbocycles. The Morgan fingerprint density at radius 3 is 2.65 bits per heavy atom. The standard InChI is InChI=1S/C18H23NO3S/c1-15-9-10-18(22-15)17-8-5-11-19(17)12-13-23(20,21)14-16-6-3-2-4-7-16/h2-4,6-7,9-10,17H,5,8,11-14H2,1H3/t17-/m1/s1. The number of sulfone groups is 1. The molecule has 1 atom stereocenters. The Hall–Kier alpha value is -1.59. The fourth-order valence-corrected chi connectivity index (χ4v) is 4.56. The molecule has 0 radical (unpaired) electrons. The molecule has 1 aliphatic heterocycles. The van der Waals surface area contributed by atoms with Gasteiger partial charge in [-0.1, -0.05) is 30.3 Å². The smallest absolute Gasteiger partial charge is 0.155 e. The molecular formula is C18H23NO3S. The molecule has 0 bridgehead atoms. The second kappa shape index (κ2) is 6.89. The summed E-state index contributed by atoms with van der Waals surface area (Å²) in [5.41, 5.74) is 0.854. The molecule has 124 valence electrons. The summed E-state index contributed by atoms with van der Waals surface area (Å²) in [7, 11) is -3.09. The molecule has 1 saturated heterocycles. The average molecular weight is 333 g/mol. The van der Waals surface area contributed by atoms with Gasteiger partial charge in [-0.3, -0.25) is 4.90 Å². The van der Waals surface area contributed by atoms with Crippen LogP contribution in [0.2, 0.25) is 0 Å². The van der Waals surface area contributed by atoms with E-state index in [-0.39, 0.29) is 17.5 Å². The summed E-state index contributed by atoms with van der Waals surface area (Å²) in [6.07, 6.45) is 2.12. The lowest BCUT2D eigenvalue weighted by Gasteiger charge is -2.22. The number of rotatable bonds is 6. The average Bonchev–Trinajstić information content (AvgIpc) is 3.14. The molecule has 0 aliphatic carbocycles. The molecule has 0 unspecified atom stereocenters. The first-order valence-corrected chi connectivity index (χ1v) is 9.90. The first kappa shape index (κ1) is 16.3. The van der Waals surface area contributed by atoms with Gasteiger partial charge in [-0.25, -0.2) is 8.42 Å². The molecule has 1 aromatic carbocycles. The monoisotopic (exact) mass is 333 g/mol. The van der Waals surface area contributed by atoms with Crippen LogP contribution in [0.25, 0.3) is 0 Å². The molecular weight excluding hydrogens is 310 g/mol. The molecule has 3 rings (SSSR count). The van der Waals surface area contributed by atoms with Crippen molar-refractivity contribution in [3.8, 4) is 0 Å². The first-order chi connectivity index (χ1) is 11.0. The molecule has 5 heteroatoms. The van der Waals surface area contributed by atoms with Gasteiger partial charge in [0.15, 0.2) is 9.84 Å². The van der Waals surface area contributed by atoms with Crippen molar-refractivity contribution in [3.05, 3.63) is 59.5 Å². The zero-order valence-corrected chi connectivity index (χ0v) is 14.3. The maximum absolute atomic E-state index is 12.4. The van der Waals surface area contributed by atoms with Crippen molar-refractivity contribution in [2.24, 2.45) is 0 Å². The Bertz CT molecular complexity index is 737. The van der Waals surface area contributed by atoms with E-state index in [0.717, 1.165) is 36.5 Å². The van der Waals surface area contributed by atoms with Gasteiger partial charge < -0.3 is 4.42 Å². The quantitative estimate of drug-likeness (QED) is 0.813. The molecule has 2 heterocycles. The van der Waals surface area contributed by atoms with Gasteiger partial charge in [0.05, 0.1) is 17.5 Å². The highest BCUT2D eigenvalue weighted by atomic mass is 32.2. The third-order valence-corrected chi connectivity index (χ3v) is 5.95. The zero-order chi connectivity index (χ0) is 16.3. The molecule has 0 spiro atoms. The second-order valence-corrected chi connectivity index (χ2v) is 8.40. The van der Waals surface area contributed by atoms with E-state index in [1.54, 1.807) is 0 Å². The minimum atomic E-state index is -3.09. The lowest BCUT2D eigenvalue weighted by molar-refractivity contribution is 0.238. The summed E-state index contributed by atoms with van der Waals surface area (Å²) in [4.78, 5) is 2.24. The molecule has 1 fully saturated rings. The molecule has 23 heavy (non-hydrogen) atoms. The first-order valence-electron chi connectivity index (χ1n) is 8.08. The maximum atomic E-state index is 12.4. The summed E-state index contributed by atoms with van der Waals surface area (Å²) in [5.74, 6) is 2.17. The van der Waals surface area contributed by atoms with Crippen molar-refractivity contribution < 1.29 is 12.8 Å². The fourth-order valence-electron chi connectivity index (χ4n) is 3.21. The van der Waals surface area contributed by atoms with Gasteiger partial charge in [0.25, 0.3) is 0 Å². The van der Waals surface area contributed by atoms with E-state index >= 15 is 0 Å². The Balaban J connectivity index is 1.60. The van der Waals surface area contributed by atoms with Crippen molar-refractivity contribution in [3.63, 3.8) is 0 Å². The van der Waals surface area contributed by atoms with Crippen LogP contribution in [0, 0.1) is 6.92 Å². The Labute approximate surface area is 138 Å². The van der Waals surface area contributed by atoms with Crippen LogP contribution in [-0.2, 0) is 15.6 Å². The minimum Gasteiger partial charge on any atom is -0.465 e. The van der Waals surface area contributed by atoms with Crippen molar-refractivity contribution in [1.82, 2.24) is 4.90 Å². The number of furan rings is 1. The number of hydrogen-bond donors (Lipinski definition) is 0. The summed E-state index contributed by atoms with van der Waals surface area (Å²) < 4.78 is 30.4. The Morgan fingerprint density at radius 2 is 1.96 bits per heavy atom. The van der Waals surface area contributed by atoms with Gasteiger partial charge >= 0.3 is 0 Å². The molecule has 0 N–H and O–H groups in total. The van der Waals surface area contributed by atoms with E-state index in [2.05, 4.69) is 4.90 Å². The van der Waals surface area contributed by atoms with E-state index in [9.17, 15) is 8.42 Å². The SMILES string of the molecule is Cc1ccc([C@H]2CCCN2CCS(=O)(=O)Cc2ccccc2)o1. The number of benzene rings is 1. The highest BCUT2D eigenvalue weighted by Gasteiger charge is 2.29. The number of likely N-dealkylation sites (tertiary alicyclic amines) is 1. The predicted molar refractivity (Wildman–Crippen MR) is 90.9 cm³/mol. The number of nitrogens with zero attached hydrogens (tertiary/aromatic N) is 1. The van der Waals surface area contributed by atoms with Crippen LogP contribution in [-0.4, -0.2) is 32.2 Å². The van der Waals surface area contributed by atoms with Crippen molar-refractivity contribution in [2.75, 3.05) is 18.8 Å². The lowest BCUT2D eigenvalue weighted by Crippen LogP contribution is -2.29. The summed E-state index contributed by atoms with van der Waals surface area (Å²) in [6.45, 7) is 3.44. The van der Waals surface area contributed by atoms with E-state index < -0.39 is 9.84 Å². The normalized spacial score (nSPS) is 19.3. The van der Waals surface area contributed by atoms with E-state index in [0.29, 0.717) is 6.54 Å². The van der Waals surface area contributed by atoms with Gasteiger partial charge in [0.2, 0.25) is 0 Å². The van der Waals surface area contributed by atoms with Crippen LogP contribution in [0.4, 0.5) is 0 Å². The van der Waals surface area contributed by atoms with Gasteiger partial charge in [0.1, 0.15) is 11.5 Å². The molecule has 1 aliphatic rings. The van der Waals surface area contributed by atoms with Gasteiger partial charge in [-0.15, -0.1) is 0 Å². The van der Waals surface area contributed by atoms with Crippen LogP contribution in [0.5, 0.6) is 0 Å². The zero-order valence-electron chi connectivity index (χ0n) is 13.4. The topological polar surface area (TPSA) is 50.5 Å². The minimum absolute atomic E-state index is 0.117. The van der Waals surface area contributed by atoms with Crippen LogP contribution in [0.1, 0.15) is 36.0 Å². The Kier molecular flexibility index (Phi) is 4.87. The van der Waals surface area contributed by atoms with Crippen LogP contribution in [0.3, 0.4) is 0 Å². The largest absolute Gasteiger partial charge is 0.465 e. The summed E-state index contributed by atoms with van der Waals surface area (Å²) in [5, 5.41) is 0. The van der Waals surface area contributed by atoms with Crippen molar-refractivity contribution in [2.45, 2.75) is 31.6 Å². The molecule has 4 nitrogen and oxygen atoms in total. The predicted octanol–water partition coefficient (Wildman–Crippen LogP) is 3.34. The van der Waals surface area contributed by atoms with Gasteiger partial charge in [-0.05, 0) is 44.0 Å². The maximum Gasteiger partial charge on any atom is 0.155 e. The molecule has 1 aromatic heterocycles. The summed E-state index contributed by atoms with van der Waals surface area (Å²) in [6, 6.07) is 13.6.